The molecule has 2 aromatic rings. The molecule has 7 heteroatoms. The van der Waals surface area contributed by atoms with Crippen molar-refractivity contribution in [2.75, 3.05) is 7.11 Å². The van der Waals surface area contributed by atoms with Crippen molar-refractivity contribution in [2.45, 2.75) is 0 Å². The number of carbonyl (C=O) groups excluding carboxylic acids is 1. The number of nitrogens with zero attached hydrogens (tertiary/aromatic N) is 3. The normalized spacial score (nSPS) is 10.1. The predicted octanol–water partition coefficient (Wildman–Crippen LogP) is 1.06. The molecule has 2 rings (SSSR count). The van der Waals surface area contributed by atoms with E-state index < -0.39 is 11.8 Å². The molecule has 16 heavy (non-hydrogen) atoms. The molecule has 0 amide bonds. The highest BCUT2D eigenvalue weighted by molar-refractivity contribution is 5.84. The number of esters is 1. The highest BCUT2D eigenvalue weighted by Crippen LogP contribution is 2.20. The van der Waals surface area contributed by atoms with Gasteiger partial charge in [-0.1, -0.05) is 0 Å². The summed E-state index contributed by atoms with van der Waals surface area (Å²) in [5.41, 5.74) is 0.0812. The van der Waals surface area contributed by atoms with Gasteiger partial charge in [-0.2, -0.15) is 0 Å². The topological polar surface area (TPSA) is 78.1 Å². The van der Waals surface area contributed by atoms with Crippen molar-refractivity contribution < 1.29 is 18.3 Å². The van der Waals surface area contributed by atoms with Crippen LogP contribution in [0.2, 0.25) is 0 Å². The summed E-state index contributed by atoms with van der Waals surface area (Å²) in [7, 11) is 1.18. The molecule has 0 saturated carbocycles. The third kappa shape index (κ3) is 1.74. The second-order valence-electron chi connectivity index (χ2n) is 2.76. The molecule has 0 saturated heterocycles. The third-order valence-corrected chi connectivity index (χ3v) is 1.79. The van der Waals surface area contributed by atoms with Crippen molar-refractivity contribution in [3.05, 3.63) is 30.2 Å². The Bertz CT molecular complexity index is 526. The maximum atomic E-state index is 13.3. The van der Waals surface area contributed by atoms with E-state index in [1.807, 2.05) is 0 Å². The maximum Gasteiger partial charge on any atom is 0.396 e. The SMILES string of the molecule is COC(=O)c1nnc(-c2ccncc2F)o1. The number of aromatic nitrogens is 3. The van der Waals surface area contributed by atoms with Gasteiger partial charge in [-0.25, -0.2) is 9.18 Å². The molecular weight excluding hydrogens is 217 g/mol. The van der Waals surface area contributed by atoms with E-state index in [9.17, 15) is 9.18 Å². The fraction of sp³-hybridized carbons (Fsp3) is 0.111. The van der Waals surface area contributed by atoms with E-state index in [0.29, 0.717) is 0 Å². The van der Waals surface area contributed by atoms with Gasteiger partial charge in [0.05, 0.1) is 18.9 Å². The molecule has 0 aliphatic rings. The molecular formula is C9H6FN3O3. The van der Waals surface area contributed by atoms with E-state index in [1.165, 1.54) is 19.4 Å². The van der Waals surface area contributed by atoms with Crippen molar-refractivity contribution >= 4 is 5.97 Å². The Hall–Kier alpha value is -2.31. The van der Waals surface area contributed by atoms with Crippen molar-refractivity contribution in [1.82, 2.24) is 15.2 Å². The van der Waals surface area contributed by atoms with E-state index in [2.05, 4.69) is 19.9 Å². The van der Waals surface area contributed by atoms with Crippen LogP contribution in [-0.4, -0.2) is 28.3 Å². The maximum absolute atomic E-state index is 13.3. The molecule has 0 aliphatic carbocycles. The smallest absolute Gasteiger partial charge is 0.396 e. The zero-order valence-corrected chi connectivity index (χ0v) is 8.18. The minimum Gasteiger partial charge on any atom is -0.462 e. The lowest BCUT2D eigenvalue weighted by Gasteiger charge is -1.94. The first-order valence-electron chi connectivity index (χ1n) is 4.24. The van der Waals surface area contributed by atoms with Crippen LogP contribution in [0.5, 0.6) is 0 Å². The molecule has 0 spiro atoms. The second-order valence-corrected chi connectivity index (χ2v) is 2.76. The molecule has 0 aromatic carbocycles. The van der Waals surface area contributed by atoms with Crippen LogP contribution in [-0.2, 0) is 4.74 Å². The number of methoxy groups -OCH3 is 1. The molecule has 82 valence electrons. The summed E-state index contributed by atoms with van der Waals surface area (Å²) in [5.74, 6) is -1.80. The van der Waals surface area contributed by atoms with Gasteiger partial charge in [-0.3, -0.25) is 4.98 Å². The van der Waals surface area contributed by atoms with E-state index in [-0.39, 0.29) is 17.3 Å². The molecule has 0 fully saturated rings. The fourth-order valence-corrected chi connectivity index (χ4v) is 1.05. The van der Waals surface area contributed by atoms with Crippen molar-refractivity contribution in [3.63, 3.8) is 0 Å². The molecule has 0 N–H and O–H groups in total. The Morgan fingerprint density at radius 3 is 3.00 bits per heavy atom. The summed E-state index contributed by atoms with van der Waals surface area (Å²) in [5, 5.41) is 6.96. The summed E-state index contributed by atoms with van der Waals surface area (Å²) in [6, 6.07) is 1.36. The van der Waals surface area contributed by atoms with Gasteiger partial charge >= 0.3 is 11.9 Å². The zero-order chi connectivity index (χ0) is 11.5. The first-order valence-corrected chi connectivity index (χ1v) is 4.24. The van der Waals surface area contributed by atoms with Crippen molar-refractivity contribution in [3.8, 4) is 11.5 Å². The van der Waals surface area contributed by atoms with Crippen LogP contribution in [0.4, 0.5) is 4.39 Å². The molecule has 0 bridgehead atoms. The lowest BCUT2D eigenvalue weighted by molar-refractivity contribution is 0.0556. The largest absolute Gasteiger partial charge is 0.462 e. The Morgan fingerprint density at radius 2 is 2.31 bits per heavy atom. The average molecular weight is 223 g/mol. The predicted molar refractivity (Wildman–Crippen MR) is 48.8 cm³/mol. The van der Waals surface area contributed by atoms with E-state index in [1.54, 1.807) is 0 Å². The molecule has 2 heterocycles. The number of carbonyl (C=O) groups is 1. The van der Waals surface area contributed by atoms with Gasteiger partial charge in [0, 0.05) is 6.20 Å². The Kier molecular flexibility index (Phi) is 2.59. The van der Waals surface area contributed by atoms with Crippen LogP contribution in [0, 0.1) is 5.82 Å². The first-order chi connectivity index (χ1) is 7.72. The minimum absolute atomic E-state index is 0.0812. The van der Waals surface area contributed by atoms with E-state index >= 15 is 0 Å². The van der Waals surface area contributed by atoms with Crippen LogP contribution in [0.15, 0.2) is 22.9 Å². The minimum atomic E-state index is -0.770. The van der Waals surface area contributed by atoms with Crippen LogP contribution >= 0.6 is 0 Å². The number of hydrogen-bond donors (Lipinski definition) is 0. The summed E-state index contributed by atoms with van der Waals surface area (Å²) in [6.07, 6.45) is 2.39. The highest BCUT2D eigenvalue weighted by Gasteiger charge is 2.17. The number of rotatable bonds is 2. The molecule has 2 aromatic heterocycles. The van der Waals surface area contributed by atoms with Crippen LogP contribution < -0.4 is 0 Å². The van der Waals surface area contributed by atoms with Crippen molar-refractivity contribution in [1.29, 1.82) is 0 Å². The van der Waals surface area contributed by atoms with Gasteiger partial charge in [0.25, 0.3) is 5.89 Å². The number of ether oxygens (including phenoxy) is 1. The van der Waals surface area contributed by atoms with Gasteiger partial charge in [-0.05, 0) is 6.07 Å². The van der Waals surface area contributed by atoms with Gasteiger partial charge in [0.2, 0.25) is 0 Å². The molecule has 6 nitrogen and oxygen atoms in total. The Labute approximate surface area is 89.1 Å². The number of halogens is 1. The summed E-state index contributed by atoms with van der Waals surface area (Å²) < 4.78 is 22.6. The average Bonchev–Trinajstić information content (AvgIpc) is 2.78. The lowest BCUT2D eigenvalue weighted by Crippen LogP contribution is -2.00. The monoisotopic (exact) mass is 223 g/mol. The third-order valence-electron chi connectivity index (χ3n) is 1.79. The summed E-state index contributed by atoms with van der Waals surface area (Å²) >= 11 is 0. The summed E-state index contributed by atoms with van der Waals surface area (Å²) in [6.45, 7) is 0. The van der Waals surface area contributed by atoms with Gasteiger partial charge in [-0.15, -0.1) is 10.2 Å². The molecule has 0 atom stereocenters. The molecule has 0 radical (unpaired) electrons. The molecule has 0 aliphatic heterocycles. The number of hydrogen-bond acceptors (Lipinski definition) is 6. The Balaban J connectivity index is 2.39. The lowest BCUT2D eigenvalue weighted by atomic mass is 10.2. The van der Waals surface area contributed by atoms with Crippen LogP contribution in [0.1, 0.15) is 10.7 Å². The van der Waals surface area contributed by atoms with Gasteiger partial charge in [0.1, 0.15) is 0 Å². The van der Waals surface area contributed by atoms with E-state index in [0.717, 1.165) is 6.20 Å². The zero-order valence-electron chi connectivity index (χ0n) is 8.18. The van der Waals surface area contributed by atoms with E-state index in [4.69, 9.17) is 4.42 Å². The standard InChI is InChI=1S/C9H6FN3O3/c1-15-9(14)8-13-12-7(16-8)5-2-3-11-4-6(5)10/h2-4H,1H3. The van der Waals surface area contributed by atoms with Crippen LogP contribution in [0.3, 0.4) is 0 Å². The van der Waals surface area contributed by atoms with Gasteiger partial charge < -0.3 is 9.15 Å². The summed E-state index contributed by atoms with van der Waals surface area (Å²) in [4.78, 5) is 14.6. The quantitative estimate of drug-likeness (QED) is 0.708. The fourth-order valence-electron chi connectivity index (χ4n) is 1.05. The van der Waals surface area contributed by atoms with Gasteiger partial charge in [0.15, 0.2) is 5.82 Å². The molecule has 0 unspecified atom stereocenters. The number of pyridine rings is 1. The first kappa shape index (κ1) is 10.2. The highest BCUT2D eigenvalue weighted by atomic mass is 19.1. The van der Waals surface area contributed by atoms with Crippen LogP contribution in [0.25, 0.3) is 11.5 Å². The Morgan fingerprint density at radius 1 is 1.50 bits per heavy atom. The van der Waals surface area contributed by atoms with Crippen molar-refractivity contribution in [2.24, 2.45) is 0 Å². The second kappa shape index (κ2) is 4.05.